The summed E-state index contributed by atoms with van der Waals surface area (Å²) in [5.74, 6) is 2.43. The molecule has 2 unspecified atom stereocenters. The fourth-order valence-electron chi connectivity index (χ4n) is 2.71. The highest BCUT2D eigenvalue weighted by Gasteiger charge is 2.38. The predicted octanol–water partition coefficient (Wildman–Crippen LogP) is 2.97. The largest absolute Gasteiger partial charge is 0.315 e. The van der Waals surface area contributed by atoms with Crippen molar-refractivity contribution in [3.63, 3.8) is 0 Å². The average Bonchev–Trinajstić information content (AvgIpc) is 3.15. The SMILES string of the molecule is CC(C)CNCCN(C)CC1CC1c1ccccc1. The van der Waals surface area contributed by atoms with Crippen molar-refractivity contribution < 1.29 is 0 Å². The molecule has 1 aromatic rings. The van der Waals surface area contributed by atoms with Gasteiger partial charge in [-0.3, -0.25) is 0 Å². The monoisotopic (exact) mass is 260 g/mol. The van der Waals surface area contributed by atoms with Crippen LogP contribution in [0.4, 0.5) is 0 Å². The lowest BCUT2D eigenvalue weighted by atomic mass is 10.1. The van der Waals surface area contributed by atoms with Crippen LogP contribution >= 0.6 is 0 Å². The Morgan fingerprint density at radius 3 is 2.68 bits per heavy atom. The number of likely N-dealkylation sites (N-methyl/N-ethyl adjacent to an activating group) is 1. The lowest BCUT2D eigenvalue weighted by Gasteiger charge is -2.17. The molecule has 1 fully saturated rings. The third-order valence-corrected chi connectivity index (χ3v) is 3.92. The van der Waals surface area contributed by atoms with Gasteiger partial charge in [0.25, 0.3) is 0 Å². The Labute approximate surface area is 118 Å². The van der Waals surface area contributed by atoms with Crippen LogP contribution < -0.4 is 5.32 Å². The summed E-state index contributed by atoms with van der Waals surface area (Å²) in [7, 11) is 2.25. The van der Waals surface area contributed by atoms with Gasteiger partial charge in [-0.15, -0.1) is 0 Å². The van der Waals surface area contributed by atoms with Crippen molar-refractivity contribution in [1.29, 1.82) is 0 Å². The Balaban J connectivity index is 1.61. The van der Waals surface area contributed by atoms with Crippen LogP contribution in [0.25, 0.3) is 0 Å². The summed E-state index contributed by atoms with van der Waals surface area (Å²) < 4.78 is 0. The van der Waals surface area contributed by atoms with Gasteiger partial charge in [-0.1, -0.05) is 44.2 Å². The van der Waals surface area contributed by atoms with Crippen LogP contribution in [0.2, 0.25) is 0 Å². The number of nitrogens with zero attached hydrogens (tertiary/aromatic N) is 1. The number of rotatable bonds is 8. The first kappa shape index (κ1) is 14.5. The van der Waals surface area contributed by atoms with Crippen LogP contribution in [0.15, 0.2) is 30.3 Å². The van der Waals surface area contributed by atoms with E-state index in [0.717, 1.165) is 37.4 Å². The van der Waals surface area contributed by atoms with Crippen LogP contribution in [0, 0.1) is 11.8 Å². The van der Waals surface area contributed by atoms with E-state index in [1.165, 1.54) is 18.5 Å². The second-order valence-corrected chi connectivity index (χ2v) is 6.37. The molecular weight excluding hydrogens is 232 g/mol. The Morgan fingerprint density at radius 2 is 2.00 bits per heavy atom. The van der Waals surface area contributed by atoms with Crippen LogP contribution in [0.5, 0.6) is 0 Å². The zero-order valence-corrected chi connectivity index (χ0v) is 12.6. The molecule has 0 heterocycles. The Morgan fingerprint density at radius 1 is 1.26 bits per heavy atom. The molecule has 0 radical (unpaired) electrons. The second-order valence-electron chi connectivity index (χ2n) is 6.37. The van der Waals surface area contributed by atoms with Gasteiger partial charge in [0.1, 0.15) is 0 Å². The molecule has 1 N–H and O–H groups in total. The maximum absolute atomic E-state index is 3.51. The fraction of sp³-hybridized carbons (Fsp3) is 0.647. The zero-order chi connectivity index (χ0) is 13.7. The summed E-state index contributed by atoms with van der Waals surface area (Å²) in [6, 6.07) is 11.0. The van der Waals surface area contributed by atoms with Crippen LogP contribution in [-0.2, 0) is 0 Å². The molecule has 0 saturated heterocycles. The van der Waals surface area contributed by atoms with Gasteiger partial charge in [0.2, 0.25) is 0 Å². The lowest BCUT2D eigenvalue weighted by molar-refractivity contribution is 0.314. The molecule has 0 bridgehead atoms. The Kier molecular flexibility index (Phi) is 5.41. The van der Waals surface area contributed by atoms with Crippen LogP contribution in [0.3, 0.4) is 0 Å². The number of benzene rings is 1. The third-order valence-electron chi connectivity index (χ3n) is 3.92. The maximum Gasteiger partial charge on any atom is 0.0104 e. The molecule has 2 rings (SSSR count). The number of nitrogens with one attached hydrogen (secondary N) is 1. The summed E-state index contributed by atoms with van der Waals surface area (Å²) in [5.41, 5.74) is 1.53. The summed E-state index contributed by atoms with van der Waals surface area (Å²) in [5, 5.41) is 3.51. The van der Waals surface area contributed by atoms with E-state index in [1.54, 1.807) is 0 Å². The normalized spacial score (nSPS) is 22.2. The van der Waals surface area contributed by atoms with E-state index in [1.807, 2.05) is 0 Å². The lowest BCUT2D eigenvalue weighted by Crippen LogP contribution is -2.32. The van der Waals surface area contributed by atoms with E-state index >= 15 is 0 Å². The maximum atomic E-state index is 3.51. The highest BCUT2D eigenvalue weighted by atomic mass is 15.1. The molecule has 19 heavy (non-hydrogen) atoms. The quantitative estimate of drug-likeness (QED) is 0.723. The first-order valence-corrected chi connectivity index (χ1v) is 7.61. The van der Waals surface area contributed by atoms with Crippen molar-refractivity contribution in [2.45, 2.75) is 26.2 Å². The summed E-state index contributed by atoms with van der Waals surface area (Å²) in [4.78, 5) is 2.47. The average molecular weight is 260 g/mol. The minimum absolute atomic E-state index is 0.746. The molecule has 1 aliphatic rings. The topological polar surface area (TPSA) is 15.3 Å². The molecule has 0 spiro atoms. The first-order valence-electron chi connectivity index (χ1n) is 7.61. The second kappa shape index (κ2) is 7.06. The van der Waals surface area contributed by atoms with Gasteiger partial charge in [0, 0.05) is 19.6 Å². The van der Waals surface area contributed by atoms with E-state index in [4.69, 9.17) is 0 Å². The molecule has 1 aromatic carbocycles. The molecule has 2 atom stereocenters. The molecule has 2 heteroatoms. The van der Waals surface area contributed by atoms with Crippen LogP contribution in [-0.4, -0.2) is 38.1 Å². The summed E-state index contributed by atoms with van der Waals surface area (Å²) in [6.07, 6.45) is 1.37. The minimum Gasteiger partial charge on any atom is -0.315 e. The van der Waals surface area contributed by atoms with Crippen molar-refractivity contribution in [2.75, 3.05) is 33.2 Å². The van der Waals surface area contributed by atoms with Gasteiger partial charge < -0.3 is 10.2 Å². The number of hydrogen-bond acceptors (Lipinski definition) is 2. The van der Waals surface area contributed by atoms with Gasteiger partial charge in [0.05, 0.1) is 0 Å². The Hall–Kier alpha value is -0.860. The summed E-state index contributed by atoms with van der Waals surface area (Å²) in [6.45, 7) is 9.14. The van der Waals surface area contributed by atoms with Gasteiger partial charge >= 0.3 is 0 Å². The van der Waals surface area contributed by atoms with Gasteiger partial charge in [-0.2, -0.15) is 0 Å². The molecule has 0 amide bonds. The van der Waals surface area contributed by atoms with Crippen molar-refractivity contribution in [3.8, 4) is 0 Å². The van der Waals surface area contributed by atoms with Gasteiger partial charge in [-0.05, 0) is 43.3 Å². The fourth-order valence-corrected chi connectivity index (χ4v) is 2.71. The van der Waals surface area contributed by atoms with E-state index < -0.39 is 0 Å². The molecule has 0 aliphatic heterocycles. The van der Waals surface area contributed by atoms with Crippen molar-refractivity contribution in [2.24, 2.45) is 11.8 Å². The van der Waals surface area contributed by atoms with E-state index in [2.05, 4.69) is 61.4 Å². The molecule has 0 aromatic heterocycles. The standard InChI is InChI=1S/C17H28N2/c1-14(2)12-18-9-10-19(3)13-16-11-17(16)15-7-5-4-6-8-15/h4-8,14,16-18H,9-13H2,1-3H3. The molecule has 106 valence electrons. The van der Waals surface area contributed by atoms with Crippen molar-refractivity contribution >= 4 is 0 Å². The highest BCUT2D eigenvalue weighted by Crippen LogP contribution is 2.47. The molecule has 1 aliphatic carbocycles. The molecule has 1 saturated carbocycles. The van der Waals surface area contributed by atoms with Crippen molar-refractivity contribution in [3.05, 3.63) is 35.9 Å². The first-order chi connectivity index (χ1) is 9.16. The van der Waals surface area contributed by atoms with Crippen molar-refractivity contribution in [1.82, 2.24) is 10.2 Å². The van der Waals surface area contributed by atoms with E-state index in [9.17, 15) is 0 Å². The van der Waals surface area contributed by atoms with Gasteiger partial charge in [-0.25, -0.2) is 0 Å². The van der Waals surface area contributed by atoms with E-state index in [0.29, 0.717) is 0 Å². The minimum atomic E-state index is 0.746. The predicted molar refractivity (Wildman–Crippen MR) is 82.5 cm³/mol. The Bertz CT molecular complexity index is 361. The molecule has 2 nitrogen and oxygen atoms in total. The molecular formula is C17H28N2. The zero-order valence-electron chi connectivity index (χ0n) is 12.6. The number of hydrogen-bond donors (Lipinski definition) is 1. The highest BCUT2D eigenvalue weighted by molar-refractivity contribution is 5.25. The van der Waals surface area contributed by atoms with E-state index in [-0.39, 0.29) is 0 Å². The summed E-state index contributed by atoms with van der Waals surface area (Å²) >= 11 is 0. The third kappa shape index (κ3) is 4.96. The van der Waals surface area contributed by atoms with Crippen LogP contribution in [0.1, 0.15) is 31.7 Å². The smallest absolute Gasteiger partial charge is 0.0104 e. The van der Waals surface area contributed by atoms with Gasteiger partial charge in [0.15, 0.2) is 0 Å².